The number of hydrogen-bond donors (Lipinski definition) is 3. The van der Waals surface area contributed by atoms with Crippen molar-refractivity contribution in [3.05, 3.63) is 41.5 Å². The highest BCUT2D eigenvalue weighted by Crippen LogP contribution is 2.36. The van der Waals surface area contributed by atoms with E-state index in [1.807, 2.05) is 0 Å². The van der Waals surface area contributed by atoms with Gasteiger partial charge in [-0.05, 0) is 25.0 Å². The average molecular weight is 498 g/mol. The number of carbonyl (C=O) groups excluding carboxylic acids is 1. The van der Waals surface area contributed by atoms with Gasteiger partial charge in [0.1, 0.15) is 0 Å². The number of rotatable bonds is 7. The standard InChI is InChI=1S/C21H23F5N8O/c1-12-7-20(22,23)11-34(16(12)10-30-19-28-8-14(9-29-19)21(24,25)26)18(35)17-15(33-31-6-5-27)4-3-13(2)32-17/h3-6,8-9,12,16,27,33H,7,10-11H2,1-2H3,(H,28,29,30)/b27-5?,31-6-/t12-,16?/m1/s1. The van der Waals surface area contributed by atoms with Crippen molar-refractivity contribution in [2.75, 3.05) is 23.8 Å². The summed E-state index contributed by atoms with van der Waals surface area (Å²) >= 11 is 0. The number of anilines is 2. The second kappa shape index (κ2) is 10.3. The first-order valence-corrected chi connectivity index (χ1v) is 10.5. The zero-order valence-corrected chi connectivity index (χ0v) is 18.8. The fraction of sp³-hybridized carbons (Fsp3) is 0.429. The summed E-state index contributed by atoms with van der Waals surface area (Å²) in [7, 11) is 0. The second-order valence-electron chi connectivity index (χ2n) is 8.12. The molecule has 3 rings (SSSR count). The molecule has 3 N–H and O–H groups in total. The lowest BCUT2D eigenvalue weighted by Crippen LogP contribution is -2.57. The molecule has 2 aromatic heterocycles. The minimum Gasteiger partial charge on any atom is -0.352 e. The van der Waals surface area contributed by atoms with E-state index in [1.165, 1.54) is 6.07 Å². The van der Waals surface area contributed by atoms with Crippen molar-refractivity contribution >= 4 is 30.0 Å². The van der Waals surface area contributed by atoms with E-state index in [4.69, 9.17) is 5.41 Å². The van der Waals surface area contributed by atoms with E-state index < -0.39 is 48.5 Å². The number of nitrogens with zero attached hydrogens (tertiary/aromatic N) is 5. The van der Waals surface area contributed by atoms with Crippen molar-refractivity contribution in [3.63, 3.8) is 0 Å². The van der Waals surface area contributed by atoms with Crippen LogP contribution in [-0.4, -0.2) is 63.2 Å². The smallest absolute Gasteiger partial charge is 0.352 e. The van der Waals surface area contributed by atoms with Crippen molar-refractivity contribution < 1.29 is 26.7 Å². The van der Waals surface area contributed by atoms with Crippen LogP contribution >= 0.6 is 0 Å². The van der Waals surface area contributed by atoms with Crippen LogP contribution in [0.3, 0.4) is 0 Å². The molecule has 9 nitrogen and oxygen atoms in total. The summed E-state index contributed by atoms with van der Waals surface area (Å²) in [5.74, 6) is -4.71. The first-order chi connectivity index (χ1) is 16.4. The topological polar surface area (TPSA) is 119 Å². The summed E-state index contributed by atoms with van der Waals surface area (Å²) in [6, 6.07) is 2.37. The first kappa shape index (κ1) is 25.9. The normalized spacial score (nSPS) is 20.0. The van der Waals surface area contributed by atoms with Crippen LogP contribution < -0.4 is 10.7 Å². The zero-order chi connectivity index (χ0) is 25.8. The highest BCUT2D eigenvalue weighted by atomic mass is 19.4. The summed E-state index contributed by atoms with van der Waals surface area (Å²) in [6.07, 6.45) is -1.82. The Morgan fingerprint density at radius 3 is 2.63 bits per heavy atom. The summed E-state index contributed by atoms with van der Waals surface area (Å²) in [5.41, 5.74) is 2.06. The molecule has 2 aromatic rings. The van der Waals surface area contributed by atoms with E-state index in [-0.39, 0.29) is 23.9 Å². The predicted molar refractivity (Wildman–Crippen MR) is 119 cm³/mol. The maximum absolute atomic E-state index is 14.5. The molecule has 0 radical (unpaired) electrons. The SMILES string of the molecule is Cc1ccc(N/N=C\C=N)c(C(=O)N2CC(F)(F)C[C@@H](C)C2CNc2ncc(C(F)(F)F)cn2)n1. The minimum absolute atomic E-state index is 0.0745. The van der Waals surface area contributed by atoms with Crippen LogP contribution in [0.2, 0.25) is 0 Å². The van der Waals surface area contributed by atoms with Crippen LogP contribution in [0.25, 0.3) is 0 Å². The molecule has 1 aliphatic rings. The highest BCUT2D eigenvalue weighted by molar-refractivity contribution is 6.14. The van der Waals surface area contributed by atoms with Crippen molar-refractivity contribution in [1.29, 1.82) is 5.41 Å². The average Bonchev–Trinajstić information content (AvgIpc) is 2.78. The number of likely N-dealkylation sites (tertiary alicyclic amines) is 1. The fourth-order valence-corrected chi connectivity index (χ4v) is 3.73. The van der Waals surface area contributed by atoms with Crippen LogP contribution in [0.5, 0.6) is 0 Å². The van der Waals surface area contributed by atoms with Crippen LogP contribution in [-0.2, 0) is 6.18 Å². The molecule has 1 fully saturated rings. The lowest BCUT2D eigenvalue weighted by molar-refractivity contribution is -0.138. The molecule has 14 heteroatoms. The third kappa shape index (κ3) is 6.45. The van der Waals surface area contributed by atoms with E-state index in [1.54, 1.807) is 19.9 Å². The van der Waals surface area contributed by atoms with Crippen LogP contribution in [0.4, 0.5) is 33.6 Å². The number of aromatic nitrogens is 3. The van der Waals surface area contributed by atoms with Crippen molar-refractivity contribution in [2.45, 2.75) is 38.4 Å². The Labute approximate surface area is 197 Å². The predicted octanol–water partition coefficient (Wildman–Crippen LogP) is 3.84. The van der Waals surface area contributed by atoms with Gasteiger partial charge in [0.15, 0.2) is 5.69 Å². The summed E-state index contributed by atoms with van der Waals surface area (Å²) in [6.45, 7) is 2.25. The van der Waals surface area contributed by atoms with Gasteiger partial charge in [0.2, 0.25) is 5.95 Å². The van der Waals surface area contributed by atoms with E-state index >= 15 is 0 Å². The highest BCUT2D eigenvalue weighted by Gasteiger charge is 2.46. The number of aryl methyl sites for hydroxylation is 1. The molecule has 0 aromatic carbocycles. The maximum Gasteiger partial charge on any atom is 0.419 e. The number of alkyl halides is 5. The number of halogens is 5. The Morgan fingerprint density at radius 2 is 2.00 bits per heavy atom. The van der Waals surface area contributed by atoms with Crippen molar-refractivity contribution in [3.8, 4) is 0 Å². The van der Waals surface area contributed by atoms with Crippen LogP contribution in [0.15, 0.2) is 29.6 Å². The lowest BCUT2D eigenvalue weighted by Gasteiger charge is -2.43. The molecule has 1 amide bonds. The Morgan fingerprint density at radius 1 is 1.31 bits per heavy atom. The molecule has 1 aliphatic heterocycles. The third-order valence-electron chi connectivity index (χ3n) is 5.36. The summed E-state index contributed by atoms with van der Waals surface area (Å²) in [5, 5.41) is 13.5. The number of piperidine rings is 1. The molecule has 3 heterocycles. The molecule has 35 heavy (non-hydrogen) atoms. The van der Waals surface area contributed by atoms with Gasteiger partial charge in [-0.3, -0.25) is 10.2 Å². The number of nitrogens with one attached hydrogen (secondary N) is 3. The van der Waals surface area contributed by atoms with E-state index in [2.05, 4.69) is 30.8 Å². The number of pyridine rings is 1. The summed E-state index contributed by atoms with van der Waals surface area (Å²) < 4.78 is 67.1. The number of amides is 1. The molecule has 0 spiro atoms. The van der Waals surface area contributed by atoms with Gasteiger partial charge in [-0.25, -0.2) is 23.7 Å². The van der Waals surface area contributed by atoms with Crippen molar-refractivity contribution in [2.24, 2.45) is 11.0 Å². The maximum atomic E-state index is 14.5. The third-order valence-corrected chi connectivity index (χ3v) is 5.36. The van der Waals surface area contributed by atoms with E-state index in [0.717, 1.165) is 17.3 Å². The van der Waals surface area contributed by atoms with Gasteiger partial charge in [0, 0.05) is 37.3 Å². The van der Waals surface area contributed by atoms with Gasteiger partial charge >= 0.3 is 6.18 Å². The van der Waals surface area contributed by atoms with E-state index in [9.17, 15) is 26.7 Å². The Hall–Kier alpha value is -3.71. The second-order valence-corrected chi connectivity index (χ2v) is 8.12. The van der Waals surface area contributed by atoms with Gasteiger partial charge in [-0.15, -0.1) is 0 Å². The molecular weight excluding hydrogens is 475 g/mol. The molecule has 0 aliphatic carbocycles. The van der Waals surface area contributed by atoms with Crippen molar-refractivity contribution in [1.82, 2.24) is 19.9 Å². The van der Waals surface area contributed by atoms with Gasteiger partial charge in [0.25, 0.3) is 11.8 Å². The lowest BCUT2D eigenvalue weighted by atomic mass is 9.88. The molecule has 0 saturated carbocycles. The van der Waals surface area contributed by atoms with Gasteiger partial charge in [-0.1, -0.05) is 6.92 Å². The van der Waals surface area contributed by atoms with Crippen LogP contribution in [0, 0.1) is 18.3 Å². The first-order valence-electron chi connectivity index (χ1n) is 10.5. The summed E-state index contributed by atoms with van der Waals surface area (Å²) in [4.78, 5) is 25.9. The Bertz CT molecular complexity index is 1090. The zero-order valence-electron chi connectivity index (χ0n) is 18.8. The molecule has 1 unspecified atom stereocenters. The quantitative estimate of drug-likeness (QED) is 0.303. The van der Waals surface area contributed by atoms with Gasteiger partial charge in [0.05, 0.1) is 30.1 Å². The van der Waals surface area contributed by atoms with Gasteiger partial charge < -0.3 is 15.6 Å². The number of carbonyl (C=O) groups is 1. The molecule has 188 valence electrons. The molecular formula is C21H23F5N8O. The van der Waals surface area contributed by atoms with Crippen LogP contribution in [0.1, 0.15) is 35.1 Å². The molecule has 0 bridgehead atoms. The number of hydrazone groups is 1. The molecule has 1 saturated heterocycles. The Balaban J connectivity index is 1.86. The largest absolute Gasteiger partial charge is 0.419 e. The number of hydrogen-bond acceptors (Lipinski definition) is 8. The Kier molecular flexibility index (Phi) is 7.60. The molecule has 2 atom stereocenters. The van der Waals surface area contributed by atoms with Gasteiger partial charge in [-0.2, -0.15) is 18.3 Å². The fourth-order valence-electron chi connectivity index (χ4n) is 3.73. The monoisotopic (exact) mass is 498 g/mol. The minimum atomic E-state index is -4.60. The van der Waals surface area contributed by atoms with E-state index in [0.29, 0.717) is 18.1 Å².